The van der Waals surface area contributed by atoms with Gasteiger partial charge < -0.3 is 15.7 Å². The molecule has 0 unspecified atom stereocenters. The van der Waals surface area contributed by atoms with Crippen LogP contribution in [0.2, 0.25) is 0 Å². The summed E-state index contributed by atoms with van der Waals surface area (Å²) in [6.07, 6.45) is 0.638. The maximum Gasteiger partial charge on any atom is 0.326 e. The number of aliphatic carboxylic acids is 1. The number of rotatable bonds is 7. The van der Waals surface area contributed by atoms with Gasteiger partial charge in [0.2, 0.25) is 5.91 Å². The molecular formula is C13H18N2O4S. The van der Waals surface area contributed by atoms with Crippen LogP contribution in [0.15, 0.2) is 17.5 Å². The second-order valence-corrected chi connectivity index (χ2v) is 5.38. The van der Waals surface area contributed by atoms with Gasteiger partial charge in [-0.1, -0.05) is 26.3 Å². The Morgan fingerprint density at radius 3 is 2.60 bits per heavy atom. The highest BCUT2D eigenvalue weighted by Crippen LogP contribution is 2.08. The van der Waals surface area contributed by atoms with Crippen molar-refractivity contribution in [2.24, 2.45) is 5.92 Å². The lowest BCUT2D eigenvalue weighted by Crippen LogP contribution is -2.48. The van der Waals surface area contributed by atoms with E-state index in [1.807, 2.05) is 6.92 Å². The Hall–Kier alpha value is -1.89. The molecule has 0 saturated heterocycles. The van der Waals surface area contributed by atoms with Crippen molar-refractivity contribution in [1.29, 1.82) is 0 Å². The summed E-state index contributed by atoms with van der Waals surface area (Å²) >= 11 is 1.27. The number of amides is 2. The van der Waals surface area contributed by atoms with Crippen LogP contribution in [0, 0.1) is 5.92 Å². The largest absolute Gasteiger partial charge is 0.480 e. The first kappa shape index (κ1) is 16.2. The third-order valence-electron chi connectivity index (χ3n) is 2.95. The molecule has 3 N–H and O–H groups in total. The summed E-state index contributed by atoms with van der Waals surface area (Å²) in [5.41, 5.74) is 0. The first-order valence-electron chi connectivity index (χ1n) is 6.29. The highest BCUT2D eigenvalue weighted by molar-refractivity contribution is 7.12. The molecule has 6 nitrogen and oxygen atoms in total. The molecule has 20 heavy (non-hydrogen) atoms. The van der Waals surface area contributed by atoms with Gasteiger partial charge in [-0.25, -0.2) is 4.79 Å². The molecule has 0 aliphatic heterocycles. The maximum absolute atomic E-state index is 11.7. The zero-order valence-electron chi connectivity index (χ0n) is 11.4. The van der Waals surface area contributed by atoms with Crippen LogP contribution >= 0.6 is 11.3 Å². The molecule has 0 aliphatic carbocycles. The lowest BCUT2D eigenvalue weighted by atomic mass is 9.99. The van der Waals surface area contributed by atoms with Gasteiger partial charge in [0.1, 0.15) is 6.04 Å². The molecule has 0 saturated carbocycles. The van der Waals surface area contributed by atoms with Crippen LogP contribution in [-0.2, 0) is 9.59 Å². The summed E-state index contributed by atoms with van der Waals surface area (Å²) in [5.74, 6) is -2.10. The molecule has 1 aromatic rings. The Bertz CT molecular complexity index is 473. The van der Waals surface area contributed by atoms with Crippen molar-refractivity contribution < 1.29 is 19.5 Å². The van der Waals surface area contributed by atoms with Crippen molar-refractivity contribution in [1.82, 2.24) is 10.6 Å². The van der Waals surface area contributed by atoms with E-state index in [-0.39, 0.29) is 18.4 Å². The van der Waals surface area contributed by atoms with Gasteiger partial charge in [0.25, 0.3) is 5.91 Å². The van der Waals surface area contributed by atoms with E-state index < -0.39 is 17.9 Å². The number of carbonyl (C=O) groups is 3. The van der Waals surface area contributed by atoms with E-state index in [2.05, 4.69) is 10.6 Å². The number of carboxylic acid groups (broad SMARTS) is 1. The molecule has 1 rings (SSSR count). The first-order chi connectivity index (χ1) is 9.45. The van der Waals surface area contributed by atoms with Crippen molar-refractivity contribution in [2.45, 2.75) is 26.3 Å². The fourth-order valence-corrected chi connectivity index (χ4v) is 2.20. The minimum Gasteiger partial charge on any atom is -0.480 e. The van der Waals surface area contributed by atoms with Crippen molar-refractivity contribution >= 4 is 29.1 Å². The van der Waals surface area contributed by atoms with Gasteiger partial charge in [0.05, 0.1) is 11.4 Å². The molecule has 0 aromatic carbocycles. The van der Waals surface area contributed by atoms with Gasteiger partial charge in [-0.2, -0.15) is 0 Å². The molecule has 1 heterocycles. The first-order valence-corrected chi connectivity index (χ1v) is 7.17. The monoisotopic (exact) mass is 298 g/mol. The van der Waals surface area contributed by atoms with Gasteiger partial charge in [-0.15, -0.1) is 11.3 Å². The highest BCUT2D eigenvalue weighted by atomic mass is 32.1. The average molecular weight is 298 g/mol. The summed E-state index contributed by atoms with van der Waals surface area (Å²) in [7, 11) is 0. The van der Waals surface area contributed by atoms with E-state index in [4.69, 9.17) is 5.11 Å². The van der Waals surface area contributed by atoms with Crippen LogP contribution in [0.1, 0.15) is 29.9 Å². The quantitative estimate of drug-likeness (QED) is 0.702. The van der Waals surface area contributed by atoms with Crippen molar-refractivity contribution in [3.05, 3.63) is 22.4 Å². The Labute approximate surface area is 121 Å². The molecule has 2 atom stereocenters. The van der Waals surface area contributed by atoms with E-state index in [9.17, 15) is 14.4 Å². The Morgan fingerprint density at radius 1 is 1.40 bits per heavy atom. The third kappa shape index (κ3) is 4.65. The molecule has 1 aromatic heterocycles. The second kappa shape index (κ2) is 7.64. The highest BCUT2D eigenvalue weighted by Gasteiger charge is 2.25. The molecule has 2 amide bonds. The minimum absolute atomic E-state index is 0.176. The van der Waals surface area contributed by atoms with Crippen LogP contribution in [0.25, 0.3) is 0 Å². The summed E-state index contributed by atoms with van der Waals surface area (Å²) in [6, 6.07) is 2.45. The number of carboxylic acids is 1. The fourth-order valence-electron chi connectivity index (χ4n) is 1.56. The number of carbonyl (C=O) groups excluding carboxylic acids is 2. The molecular weight excluding hydrogens is 280 g/mol. The minimum atomic E-state index is -1.07. The normalized spacial score (nSPS) is 13.3. The van der Waals surface area contributed by atoms with Crippen LogP contribution in [0.3, 0.4) is 0 Å². The molecule has 0 fully saturated rings. The summed E-state index contributed by atoms with van der Waals surface area (Å²) in [4.78, 5) is 34.9. The van der Waals surface area contributed by atoms with Crippen LogP contribution in [0.4, 0.5) is 0 Å². The lowest BCUT2D eigenvalue weighted by molar-refractivity contribution is -0.143. The molecule has 7 heteroatoms. The van der Waals surface area contributed by atoms with E-state index in [0.29, 0.717) is 11.3 Å². The molecule has 0 spiro atoms. The van der Waals surface area contributed by atoms with E-state index in [1.54, 1.807) is 24.4 Å². The van der Waals surface area contributed by atoms with Crippen LogP contribution in [0.5, 0.6) is 0 Å². The number of hydrogen-bond acceptors (Lipinski definition) is 4. The number of hydrogen-bond donors (Lipinski definition) is 3. The molecule has 110 valence electrons. The van der Waals surface area contributed by atoms with Crippen molar-refractivity contribution in [3.8, 4) is 0 Å². The van der Waals surface area contributed by atoms with Crippen molar-refractivity contribution in [3.63, 3.8) is 0 Å². The summed E-state index contributed by atoms with van der Waals surface area (Å²) in [6.45, 7) is 3.37. The van der Waals surface area contributed by atoms with Crippen molar-refractivity contribution in [2.75, 3.05) is 6.54 Å². The van der Waals surface area contributed by atoms with Crippen LogP contribution < -0.4 is 10.6 Å². The van der Waals surface area contributed by atoms with Gasteiger partial charge in [0, 0.05) is 0 Å². The van der Waals surface area contributed by atoms with E-state index >= 15 is 0 Å². The number of nitrogens with one attached hydrogen (secondary N) is 2. The zero-order valence-corrected chi connectivity index (χ0v) is 12.2. The smallest absolute Gasteiger partial charge is 0.326 e. The predicted molar refractivity (Wildman–Crippen MR) is 75.7 cm³/mol. The van der Waals surface area contributed by atoms with Crippen LogP contribution in [-0.4, -0.2) is 35.5 Å². The Kier molecular flexibility index (Phi) is 6.17. The van der Waals surface area contributed by atoms with Gasteiger partial charge in [-0.3, -0.25) is 9.59 Å². The SMILES string of the molecule is CC[C@H](C)[C@H](NC(=O)CNC(=O)c1cccs1)C(=O)O. The molecule has 0 aliphatic rings. The average Bonchev–Trinajstić information content (AvgIpc) is 2.95. The summed E-state index contributed by atoms with van der Waals surface area (Å²) < 4.78 is 0. The van der Waals surface area contributed by atoms with Gasteiger partial charge in [-0.05, 0) is 17.4 Å². The zero-order chi connectivity index (χ0) is 15.1. The van der Waals surface area contributed by atoms with Gasteiger partial charge >= 0.3 is 5.97 Å². The van der Waals surface area contributed by atoms with E-state index in [1.165, 1.54) is 11.3 Å². The fraction of sp³-hybridized carbons (Fsp3) is 0.462. The second-order valence-electron chi connectivity index (χ2n) is 4.43. The Balaban J connectivity index is 2.46. The predicted octanol–water partition coefficient (Wildman–Crippen LogP) is 1.09. The summed E-state index contributed by atoms with van der Waals surface area (Å²) in [5, 5.41) is 15.7. The molecule has 0 bridgehead atoms. The molecule has 0 radical (unpaired) electrons. The lowest BCUT2D eigenvalue weighted by Gasteiger charge is -2.20. The van der Waals surface area contributed by atoms with Gasteiger partial charge in [0.15, 0.2) is 0 Å². The maximum atomic E-state index is 11.7. The Morgan fingerprint density at radius 2 is 2.10 bits per heavy atom. The van der Waals surface area contributed by atoms with E-state index in [0.717, 1.165) is 0 Å². The third-order valence-corrected chi connectivity index (χ3v) is 3.82. The standard InChI is InChI=1S/C13H18N2O4S/c1-3-8(2)11(13(18)19)15-10(16)7-14-12(17)9-5-4-6-20-9/h4-6,8,11H,3,7H2,1-2H3,(H,14,17)(H,15,16)(H,18,19)/t8-,11-/m0/s1. The number of thiophene rings is 1. The topological polar surface area (TPSA) is 95.5 Å².